The van der Waals surface area contributed by atoms with Gasteiger partial charge in [-0.05, 0) is 10.7 Å². The summed E-state index contributed by atoms with van der Waals surface area (Å²) in [5.74, 6) is 0.653. The molecule has 0 aliphatic rings. The fourth-order valence-corrected chi connectivity index (χ4v) is 2.49. The summed E-state index contributed by atoms with van der Waals surface area (Å²) in [6.45, 7) is 7.40. The van der Waals surface area contributed by atoms with Crippen molar-refractivity contribution in [3.63, 3.8) is 0 Å². The molecule has 25 heavy (non-hydrogen) atoms. The lowest BCUT2D eigenvalue weighted by molar-refractivity contribution is 0.313. The minimum Gasteiger partial charge on any atom is -0.477 e. The summed E-state index contributed by atoms with van der Waals surface area (Å²) in [5.41, 5.74) is 2.38. The van der Waals surface area contributed by atoms with Gasteiger partial charge in [0, 0.05) is 17.7 Å². The van der Waals surface area contributed by atoms with Gasteiger partial charge in [0.05, 0.1) is 17.6 Å². The first-order chi connectivity index (χ1) is 12.3. The first-order valence-electron chi connectivity index (χ1n) is 7.55. The lowest BCUT2D eigenvalue weighted by atomic mass is 10.2. The maximum atomic E-state index is 6.93. The summed E-state index contributed by atoms with van der Waals surface area (Å²) in [6.07, 6.45) is 3.87. The Labute approximate surface area is 142 Å². The maximum Gasteiger partial charge on any atom is 0.475 e. The Kier molecular flexibility index (Phi) is 3.80. The second-order valence-electron chi connectivity index (χ2n) is 5.19. The Morgan fingerprint density at radius 3 is 2.84 bits per heavy atom. The van der Waals surface area contributed by atoms with Gasteiger partial charge >= 0.3 is 6.01 Å². The van der Waals surface area contributed by atoms with Crippen LogP contribution in [-0.2, 0) is 6.42 Å². The van der Waals surface area contributed by atoms with Crippen LogP contribution in [0.15, 0.2) is 47.3 Å². The normalized spacial score (nSPS) is 10.7. The van der Waals surface area contributed by atoms with Gasteiger partial charge in [-0.2, -0.15) is 0 Å². The molecule has 1 N–H and O–H groups in total. The van der Waals surface area contributed by atoms with Crippen LogP contribution in [0.2, 0.25) is 0 Å². The van der Waals surface area contributed by atoms with E-state index in [1.165, 1.54) is 11.9 Å². The summed E-state index contributed by atoms with van der Waals surface area (Å²) in [7, 11) is 0. The molecule has 0 bridgehead atoms. The third kappa shape index (κ3) is 2.90. The molecule has 3 heterocycles. The predicted octanol–water partition coefficient (Wildman–Crippen LogP) is 3.18. The van der Waals surface area contributed by atoms with Crippen LogP contribution in [0.25, 0.3) is 27.3 Å². The number of nitrogens with one attached hydrogen (secondary N) is 1. The fraction of sp³-hybridized carbons (Fsp3) is 0.118. The highest BCUT2D eigenvalue weighted by molar-refractivity contribution is 5.94. The van der Waals surface area contributed by atoms with Gasteiger partial charge in [0.1, 0.15) is 12.0 Å². The van der Waals surface area contributed by atoms with Crippen molar-refractivity contribution in [2.45, 2.75) is 6.42 Å². The largest absolute Gasteiger partial charge is 0.477 e. The number of aromatic amines is 1. The van der Waals surface area contributed by atoms with E-state index < -0.39 is 0 Å². The van der Waals surface area contributed by atoms with Crippen molar-refractivity contribution in [1.82, 2.24) is 25.1 Å². The molecule has 0 radical (unpaired) electrons. The molecule has 0 amide bonds. The molecule has 122 valence electrons. The predicted molar refractivity (Wildman–Crippen MR) is 89.1 cm³/mol. The molecule has 1 aromatic carbocycles. The molecule has 8 heteroatoms. The average Bonchev–Trinajstić information content (AvgIpc) is 3.29. The highest BCUT2D eigenvalue weighted by Crippen LogP contribution is 2.33. The molecule has 4 rings (SSSR count). The highest BCUT2D eigenvalue weighted by atomic mass is 16.5. The minimum atomic E-state index is -0.118. The summed E-state index contributed by atoms with van der Waals surface area (Å²) in [4.78, 5) is 14.6. The Balaban J connectivity index is 1.62. The monoisotopic (exact) mass is 332 g/mol. The van der Waals surface area contributed by atoms with Gasteiger partial charge < -0.3 is 19.0 Å². The van der Waals surface area contributed by atoms with Crippen LogP contribution >= 0.6 is 0 Å². The molecule has 4 aromatic rings. The molecule has 0 saturated carbocycles. The Hall–Kier alpha value is -3.73. The number of rotatable bonds is 5. The first-order valence-corrected chi connectivity index (χ1v) is 7.55. The van der Waals surface area contributed by atoms with E-state index in [1.54, 1.807) is 6.20 Å². The van der Waals surface area contributed by atoms with Crippen molar-refractivity contribution in [3.05, 3.63) is 59.8 Å². The molecular weight excluding hydrogens is 320 g/mol. The van der Waals surface area contributed by atoms with Crippen LogP contribution in [-0.4, -0.2) is 31.8 Å². The maximum absolute atomic E-state index is 6.93. The summed E-state index contributed by atoms with van der Waals surface area (Å²) < 4.78 is 11.2. The summed E-state index contributed by atoms with van der Waals surface area (Å²) >= 11 is 0. The van der Waals surface area contributed by atoms with Crippen LogP contribution in [0.1, 0.15) is 5.56 Å². The van der Waals surface area contributed by atoms with Crippen LogP contribution in [0.5, 0.6) is 5.88 Å². The van der Waals surface area contributed by atoms with Crippen LogP contribution in [0, 0.1) is 6.57 Å². The van der Waals surface area contributed by atoms with Gasteiger partial charge in [0.2, 0.25) is 5.88 Å². The summed E-state index contributed by atoms with van der Waals surface area (Å²) in [6, 6.07) is 9.94. The molecule has 0 saturated heterocycles. The zero-order valence-corrected chi connectivity index (χ0v) is 13.0. The SMILES string of the molecule is [C-]#[N+]c1nnc(-c2c[nH]c3ncnc(OCCc4ccccc4)c23)o1. The molecule has 3 aromatic heterocycles. The van der Waals surface area contributed by atoms with Crippen LogP contribution < -0.4 is 4.74 Å². The third-order valence-electron chi connectivity index (χ3n) is 3.65. The number of fused-ring (bicyclic) bond motifs is 1. The molecule has 0 fully saturated rings. The van der Waals surface area contributed by atoms with Crippen molar-refractivity contribution in [2.24, 2.45) is 0 Å². The van der Waals surface area contributed by atoms with E-state index in [0.29, 0.717) is 29.1 Å². The Morgan fingerprint density at radius 1 is 1.16 bits per heavy atom. The molecule has 0 spiro atoms. The standard InChI is InChI=1S/C17H12N6O2/c1-18-17-23-22-15(25-17)12-9-19-14-13(12)16(21-10-20-14)24-8-7-11-5-3-2-4-6-11/h2-6,9-10H,7-8H2,(H,19,20,21). The molecule has 0 aliphatic heterocycles. The van der Waals surface area contributed by atoms with Crippen molar-refractivity contribution in [3.8, 4) is 17.3 Å². The minimum absolute atomic E-state index is 0.118. The highest BCUT2D eigenvalue weighted by Gasteiger charge is 2.19. The van der Waals surface area contributed by atoms with E-state index in [9.17, 15) is 0 Å². The zero-order valence-electron chi connectivity index (χ0n) is 13.0. The lowest BCUT2D eigenvalue weighted by Gasteiger charge is -2.06. The molecular formula is C17H12N6O2. The van der Waals surface area contributed by atoms with E-state index in [2.05, 4.69) is 30.0 Å². The number of hydrogen-bond acceptors (Lipinski definition) is 6. The van der Waals surface area contributed by atoms with E-state index >= 15 is 0 Å². The van der Waals surface area contributed by atoms with Crippen molar-refractivity contribution >= 4 is 17.0 Å². The van der Waals surface area contributed by atoms with Gasteiger partial charge in [0.15, 0.2) is 0 Å². The second kappa shape index (κ2) is 6.41. The van der Waals surface area contributed by atoms with Crippen molar-refractivity contribution in [1.29, 1.82) is 0 Å². The first kappa shape index (κ1) is 14.8. The smallest absolute Gasteiger partial charge is 0.475 e. The fourth-order valence-electron chi connectivity index (χ4n) is 2.49. The number of hydrogen-bond donors (Lipinski definition) is 1. The summed E-state index contributed by atoms with van der Waals surface area (Å²) in [5, 5.41) is 8.20. The van der Waals surface area contributed by atoms with Gasteiger partial charge in [-0.15, -0.1) is 0 Å². The number of H-pyrrole nitrogens is 1. The molecule has 0 unspecified atom stereocenters. The molecule has 0 aliphatic carbocycles. The van der Waals surface area contributed by atoms with Gasteiger partial charge in [0.25, 0.3) is 5.89 Å². The number of nitrogens with zero attached hydrogens (tertiary/aromatic N) is 5. The lowest BCUT2D eigenvalue weighted by Crippen LogP contribution is -2.03. The van der Waals surface area contributed by atoms with E-state index in [1.807, 2.05) is 30.3 Å². The van der Waals surface area contributed by atoms with Crippen molar-refractivity contribution < 1.29 is 9.15 Å². The van der Waals surface area contributed by atoms with E-state index in [0.717, 1.165) is 6.42 Å². The van der Waals surface area contributed by atoms with Gasteiger partial charge in [-0.25, -0.2) is 9.97 Å². The van der Waals surface area contributed by atoms with Gasteiger partial charge in [-0.1, -0.05) is 36.9 Å². The van der Waals surface area contributed by atoms with E-state index in [-0.39, 0.29) is 11.9 Å². The van der Waals surface area contributed by atoms with E-state index in [4.69, 9.17) is 15.7 Å². The topological polar surface area (TPSA) is 94.1 Å². The van der Waals surface area contributed by atoms with Crippen molar-refractivity contribution in [2.75, 3.05) is 6.61 Å². The quantitative estimate of drug-likeness (QED) is 0.564. The van der Waals surface area contributed by atoms with Gasteiger partial charge in [-0.3, -0.25) is 0 Å². The zero-order chi connectivity index (χ0) is 17.1. The van der Waals surface area contributed by atoms with Crippen LogP contribution in [0.4, 0.5) is 6.01 Å². The molecule has 0 atom stereocenters. The number of benzene rings is 1. The van der Waals surface area contributed by atoms with Crippen LogP contribution in [0.3, 0.4) is 0 Å². The number of aromatic nitrogens is 5. The second-order valence-corrected chi connectivity index (χ2v) is 5.19. The average molecular weight is 332 g/mol. The molecule has 8 nitrogen and oxygen atoms in total. The third-order valence-corrected chi connectivity index (χ3v) is 3.65. The Bertz CT molecular complexity index is 1050. The Morgan fingerprint density at radius 2 is 2.04 bits per heavy atom. The number of ether oxygens (including phenoxy) is 1.